The van der Waals surface area contributed by atoms with E-state index in [9.17, 15) is 8.42 Å². The summed E-state index contributed by atoms with van der Waals surface area (Å²) >= 11 is 0. The predicted octanol–water partition coefficient (Wildman–Crippen LogP) is 1.80. The highest BCUT2D eigenvalue weighted by Gasteiger charge is 2.12. The van der Waals surface area contributed by atoms with E-state index in [0.717, 1.165) is 17.1 Å². The summed E-state index contributed by atoms with van der Waals surface area (Å²) in [6.45, 7) is 3.77. The summed E-state index contributed by atoms with van der Waals surface area (Å²) in [5.74, 6) is 1.77. The minimum atomic E-state index is -3.48. The molecule has 0 saturated carbocycles. The topological polar surface area (TPSA) is 80.6 Å². The van der Waals surface area contributed by atoms with Gasteiger partial charge in [0.15, 0.2) is 0 Å². The first-order valence-corrected chi connectivity index (χ1v) is 8.83. The van der Waals surface area contributed by atoms with Gasteiger partial charge in [-0.25, -0.2) is 13.1 Å². The molecule has 126 valence electrons. The van der Waals surface area contributed by atoms with Crippen LogP contribution in [-0.4, -0.2) is 28.7 Å². The van der Waals surface area contributed by atoms with Crippen molar-refractivity contribution in [2.24, 2.45) is 0 Å². The van der Waals surface area contributed by atoms with Gasteiger partial charge in [0, 0.05) is 20.2 Å². The Morgan fingerprint density at radius 1 is 1.09 bits per heavy atom. The van der Waals surface area contributed by atoms with Gasteiger partial charge in [-0.1, -0.05) is 12.1 Å². The van der Waals surface area contributed by atoms with E-state index in [0.29, 0.717) is 19.7 Å². The molecule has 0 amide bonds. The van der Waals surface area contributed by atoms with Gasteiger partial charge in [-0.05, 0) is 36.8 Å². The van der Waals surface area contributed by atoms with Crippen molar-refractivity contribution in [3.05, 3.63) is 53.5 Å². The maximum atomic E-state index is 12.0. The second-order valence-corrected chi connectivity index (χ2v) is 6.92. The molecule has 0 unspecified atom stereocenters. The van der Waals surface area contributed by atoms with Gasteiger partial charge >= 0.3 is 0 Å². The van der Waals surface area contributed by atoms with Crippen molar-refractivity contribution in [3.63, 3.8) is 0 Å². The van der Waals surface area contributed by atoms with Crippen LogP contribution in [0.5, 0.6) is 0 Å². The van der Waals surface area contributed by atoms with Crippen LogP contribution in [0.1, 0.15) is 17.1 Å². The Bertz CT molecular complexity index is 708. The van der Waals surface area contributed by atoms with Gasteiger partial charge in [-0.15, -0.1) is 0 Å². The third kappa shape index (κ3) is 5.47. The summed E-state index contributed by atoms with van der Waals surface area (Å²) in [7, 11) is -1.95. The molecule has 0 radical (unpaired) electrons. The molecule has 1 aromatic carbocycles. The number of ether oxygens (including phenoxy) is 1. The molecule has 2 rings (SSSR count). The molecule has 1 aromatic heterocycles. The predicted molar refractivity (Wildman–Crippen MR) is 87.5 cm³/mol. The molecule has 23 heavy (non-hydrogen) atoms. The SMILES string of the molecule is COCCNS(=O)(=O)c1ccc(CNCc2ccc(C)o2)cc1. The quantitative estimate of drug-likeness (QED) is 0.682. The van der Waals surface area contributed by atoms with E-state index in [1.165, 1.54) is 7.11 Å². The number of furan rings is 1. The Balaban J connectivity index is 1.86. The molecule has 2 N–H and O–H groups in total. The van der Waals surface area contributed by atoms with Crippen molar-refractivity contribution in [2.45, 2.75) is 24.9 Å². The molecule has 0 atom stereocenters. The zero-order valence-corrected chi connectivity index (χ0v) is 14.2. The minimum Gasteiger partial charge on any atom is -0.465 e. The summed E-state index contributed by atoms with van der Waals surface area (Å²) in [5, 5.41) is 3.26. The van der Waals surface area contributed by atoms with Crippen LogP contribution in [0.25, 0.3) is 0 Å². The fourth-order valence-electron chi connectivity index (χ4n) is 2.06. The van der Waals surface area contributed by atoms with Crippen molar-refractivity contribution in [1.82, 2.24) is 10.0 Å². The van der Waals surface area contributed by atoms with Crippen LogP contribution in [0.2, 0.25) is 0 Å². The van der Waals surface area contributed by atoms with Gasteiger partial charge in [0.1, 0.15) is 11.5 Å². The Kier molecular flexibility index (Phi) is 6.35. The Labute approximate surface area is 136 Å². The molecule has 0 aliphatic carbocycles. The van der Waals surface area contributed by atoms with Gasteiger partial charge in [0.25, 0.3) is 0 Å². The van der Waals surface area contributed by atoms with E-state index >= 15 is 0 Å². The summed E-state index contributed by atoms with van der Waals surface area (Å²) in [4.78, 5) is 0.249. The molecule has 0 aliphatic heterocycles. The number of nitrogens with one attached hydrogen (secondary N) is 2. The summed E-state index contributed by atoms with van der Waals surface area (Å²) in [6.07, 6.45) is 0. The largest absolute Gasteiger partial charge is 0.465 e. The van der Waals surface area contributed by atoms with Crippen molar-refractivity contribution in [1.29, 1.82) is 0 Å². The van der Waals surface area contributed by atoms with E-state index in [1.54, 1.807) is 24.3 Å². The lowest BCUT2D eigenvalue weighted by Gasteiger charge is -2.08. The molecule has 6 nitrogen and oxygen atoms in total. The zero-order valence-electron chi connectivity index (χ0n) is 13.3. The Morgan fingerprint density at radius 3 is 2.43 bits per heavy atom. The van der Waals surface area contributed by atoms with E-state index in [1.807, 2.05) is 19.1 Å². The second-order valence-electron chi connectivity index (χ2n) is 5.15. The van der Waals surface area contributed by atoms with Crippen LogP contribution < -0.4 is 10.0 Å². The lowest BCUT2D eigenvalue weighted by molar-refractivity contribution is 0.204. The fourth-order valence-corrected chi connectivity index (χ4v) is 3.07. The second kappa shape index (κ2) is 8.26. The van der Waals surface area contributed by atoms with Crippen LogP contribution in [0.15, 0.2) is 45.7 Å². The first kappa shape index (κ1) is 17.7. The summed E-state index contributed by atoms with van der Waals surface area (Å²) in [6, 6.07) is 10.7. The molecule has 2 aromatic rings. The Hall–Kier alpha value is -1.67. The highest BCUT2D eigenvalue weighted by atomic mass is 32.2. The van der Waals surface area contributed by atoms with E-state index in [2.05, 4.69) is 10.0 Å². The highest BCUT2D eigenvalue weighted by molar-refractivity contribution is 7.89. The average molecular weight is 338 g/mol. The molecule has 0 bridgehead atoms. The number of sulfonamides is 1. The first-order valence-electron chi connectivity index (χ1n) is 7.35. The van der Waals surface area contributed by atoms with E-state index < -0.39 is 10.0 Å². The number of aryl methyl sites for hydroxylation is 1. The fraction of sp³-hybridized carbons (Fsp3) is 0.375. The van der Waals surface area contributed by atoms with Gasteiger partial charge in [-0.3, -0.25) is 0 Å². The van der Waals surface area contributed by atoms with E-state index in [-0.39, 0.29) is 11.4 Å². The van der Waals surface area contributed by atoms with Gasteiger partial charge in [0.05, 0.1) is 18.0 Å². The Morgan fingerprint density at radius 2 is 1.83 bits per heavy atom. The summed E-state index contributed by atoms with van der Waals surface area (Å²) < 4.78 is 36.8. The number of methoxy groups -OCH3 is 1. The van der Waals surface area contributed by atoms with Gasteiger partial charge in [0.2, 0.25) is 10.0 Å². The number of hydrogen-bond acceptors (Lipinski definition) is 5. The van der Waals surface area contributed by atoms with Gasteiger partial charge in [-0.2, -0.15) is 0 Å². The molecular weight excluding hydrogens is 316 g/mol. The van der Waals surface area contributed by atoms with Crippen LogP contribution in [0, 0.1) is 6.92 Å². The normalized spacial score (nSPS) is 11.7. The van der Waals surface area contributed by atoms with Gasteiger partial charge < -0.3 is 14.5 Å². The summed E-state index contributed by atoms with van der Waals surface area (Å²) in [5.41, 5.74) is 1.00. The van der Waals surface area contributed by atoms with Crippen molar-refractivity contribution < 1.29 is 17.6 Å². The highest BCUT2D eigenvalue weighted by Crippen LogP contribution is 2.11. The number of rotatable bonds is 9. The van der Waals surface area contributed by atoms with Crippen LogP contribution in [-0.2, 0) is 27.8 Å². The lowest BCUT2D eigenvalue weighted by atomic mass is 10.2. The molecule has 7 heteroatoms. The molecule has 0 spiro atoms. The molecule has 1 heterocycles. The number of benzene rings is 1. The van der Waals surface area contributed by atoms with Crippen molar-refractivity contribution in [3.8, 4) is 0 Å². The molecular formula is C16H22N2O4S. The lowest BCUT2D eigenvalue weighted by Crippen LogP contribution is -2.27. The van der Waals surface area contributed by atoms with Crippen molar-refractivity contribution >= 4 is 10.0 Å². The maximum absolute atomic E-state index is 12.0. The van der Waals surface area contributed by atoms with Crippen LogP contribution in [0.4, 0.5) is 0 Å². The van der Waals surface area contributed by atoms with Crippen LogP contribution in [0.3, 0.4) is 0 Å². The average Bonchev–Trinajstić information content (AvgIpc) is 2.93. The third-order valence-electron chi connectivity index (χ3n) is 3.26. The molecule has 0 saturated heterocycles. The monoisotopic (exact) mass is 338 g/mol. The standard InChI is InChI=1S/C16H22N2O4S/c1-13-3-6-15(22-13)12-17-11-14-4-7-16(8-5-14)23(19,20)18-9-10-21-2/h3-8,17-18H,9-12H2,1-2H3. The smallest absolute Gasteiger partial charge is 0.240 e. The van der Waals surface area contributed by atoms with E-state index in [4.69, 9.17) is 9.15 Å². The van der Waals surface area contributed by atoms with Crippen molar-refractivity contribution in [2.75, 3.05) is 20.3 Å². The van der Waals surface area contributed by atoms with Crippen LogP contribution >= 0.6 is 0 Å². The zero-order chi connectivity index (χ0) is 16.7. The number of hydrogen-bond donors (Lipinski definition) is 2. The maximum Gasteiger partial charge on any atom is 0.240 e. The first-order chi connectivity index (χ1) is 11.0. The molecule has 0 aliphatic rings. The third-order valence-corrected chi connectivity index (χ3v) is 4.73. The minimum absolute atomic E-state index is 0.249. The molecule has 0 fully saturated rings.